The van der Waals surface area contributed by atoms with E-state index in [0.29, 0.717) is 12.6 Å². The maximum Gasteiger partial charge on any atom is 0.503 e. The maximum atomic E-state index is 12.2. The van der Waals surface area contributed by atoms with Gasteiger partial charge in [0.2, 0.25) is 5.91 Å². The molecule has 144 valence electrons. The van der Waals surface area contributed by atoms with E-state index >= 15 is 0 Å². The molecule has 1 aromatic rings. The third-order valence-electron chi connectivity index (χ3n) is 4.74. The number of carbonyl (C=O) groups is 2. The largest absolute Gasteiger partial charge is 0.503 e. The molecule has 26 heavy (non-hydrogen) atoms. The highest BCUT2D eigenvalue weighted by Crippen LogP contribution is 2.17. The molecule has 1 saturated heterocycles. The number of pyridine rings is 1. The number of rotatable bonds is 4. The van der Waals surface area contributed by atoms with Gasteiger partial charge in [0.15, 0.2) is 0 Å². The molecule has 1 saturated carbocycles. The normalized spacial score (nSPS) is 18.5. The molecule has 0 atom stereocenters. The van der Waals surface area contributed by atoms with E-state index in [1.165, 1.54) is 24.9 Å². The Morgan fingerprint density at radius 3 is 2.19 bits per heavy atom. The highest BCUT2D eigenvalue weighted by Gasteiger charge is 2.21. The number of carbonyl (C=O) groups excluding carboxylic acids is 1. The van der Waals surface area contributed by atoms with Gasteiger partial charge in [0.25, 0.3) is 0 Å². The maximum absolute atomic E-state index is 12.2. The second kappa shape index (κ2) is 10.6. The van der Waals surface area contributed by atoms with Crippen molar-refractivity contribution in [3.05, 3.63) is 24.5 Å². The van der Waals surface area contributed by atoms with Gasteiger partial charge in [0, 0.05) is 50.3 Å². The van der Waals surface area contributed by atoms with E-state index in [0.717, 1.165) is 39.0 Å². The SMILES string of the molecule is O=C(CN1CCN(c2ccncc2)CC1)NC1CCCCC1.O=C(O)O. The van der Waals surface area contributed by atoms with Crippen molar-refractivity contribution in [3.63, 3.8) is 0 Å². The number of anilines is 1. The van der Waals surface area contributed by atoms with Gasteiger partial charge in [-0.1, -0.05) is 19.3 Å². The van der Waals surface area contributed by atoms with Crippen LogP contribution in [0.3, 0.4) is 0 Å². The first-order chi connectivity index (χ1) is 12.5. The zero-order valence-electron chi connectivity index (χ0n) is 15.0. The van der Waals surface area contributed by atoms with Crippen LogP contribution in [0.4, 0.5) is 10.5 Å². The van der Waals surface area contributed by atoms with Gasteiger partial charge in [-0.25, -0.2) is 4.79 Å². The Kier molecular flexibility index (Phi) is 8.14. The Morgan fingerprint density at radius 1 is 1.04 bits per heavy atom. The number of piperazine rings is 1. The van der Waals surface area contributed by atoms with Crippen molar-refractivity contribution in [2.45, 2.75) is 38.1 Å². The van der Waals surface area contributed by atoms with Crippen molar-refractivity contribution in [2.24, 2.45) is 0 Å². The number of nitrogens with one attached hydrogen (secondary N) is 1. The van der Waals surface area contributed by atoms with Crippen LogP contribution in [0.15, 0.2) is 24.5 Å². The molecule has 8 nitrogen and oxygen atoms in total. The van der Waals surface area contributed by atoms with Crippen molar-refractivity contribution >= 4 is 17.7 Å². The van der Waals surface area contributed by atoms with Gasteiger partial charge in [-0.2, -0.15) is 0 Å². The first-order valence-corrected chi connectivity index (χ1v) is 9.13. The van der Waals surface area contributed by atoms with Crippen LogP contribution in [0.1, 0.15) is 32.1 Å². The Balaban J connectivity index is 0.000000552. The highest BCUT2D eigenvalue weighted by atomic mass is 16.6. The Bertz CT molecular complexity index is 552. The molecular weight excluding hydrogens is 336 g/mol. The summed E-state index contributed by atoms with van der Waals surface area (Å²) < 4.78 is 0. The quantitative estimate of drug-likeness (QED) is 0.749. The van der Waals surface area contributed by atoms with Gasteiger partial charge in [-0.05, 0) is 25.0 Å². The fraction of sp³-hybridized carbons (Fsp3) is 0.611. The summed E-state index contributed by atoms with van der Waals surface area (Å²) in [7, 11) is 0. The third-order valence-corrected chi connectivity index (χ3v) is 4.74. The lowest BCUT2D eigenvalue weighted by molar-refractivity contribution is -0.123. The molecule has 1 aliphatic heterocycles. The average Bonchev–Trinajstić information content (AvgIpc) is 2.63. The summed E-state index contributed by atoms with van der Waals surface area (Å²) in [5.41, 5.74) is 1.22. The zero-order valence-corrected chi connectivity index (χ0v) is 15.0. The first kappa shape index (κ1) is 20.0. The number of nitrogens with zero attached hydrogens (tertiary/aromatic N) is 3. The fourth-order valence-corrected chi connectivity index (χ4v) is 3.44. The standard InChI is InChI=1S/C17H26N4O.CH2O3/c22-17(19-15-4-2-1-3-5-15)14-20-10-12-21(13-11-20)16-6-8-18-9-7-16;2-1(3)4/h6-9,15H,1-5,10-14H2,(H,19,22);(H2,2,3,4). The Labute approximate surface area is 153 Å². The molecule has 2 aliphatic rings. The van der Waals surface area contributed by atoms with Crippen molar-refractivity contribution in [1.29, 1.82) is 0 Å². The van der Waals surface area contributed by atoms with Crippen LogP contribution in [0.25, 0.3) is 0 Å². The van der Waals surface area contributed by atoms with Gasteiger partial charge in [-0.3, -0.25) is 14.7 Å². The van der Waals surface area contributed by atoms with Crippen molar-refractivity contribution < 1.29 is 19.8 Å². The van der Waals surface area contributed by atoms with E-state index in [-0.39, 0.29) is 5.91 Å². The number of hydrogen-bond donors (Lipinski definition) is 3. The summed E-state index contributed by atoms with van der Waals surface area (Å²) >= 11 is 0. The van der Waals surface area contributed by atoms with E-state index < -0.39 is 6.16 Å². The molecule has 0 bridgehead atoms. The predicted octanol–water partition coefficient (Wildman–Crippen LogP) is 1.87. The molecule has 0 aromatic carbocycles. The van der Waals surface area contributed by atoms with Gasteiger partial charge in [0.1, 0.15) is 0 Å². The van der Waals surface area contributed by atoms with Crippen LogP contribution >= 0.6 is 0 Å². The topological polar surface area (TPSA) is 106 Å². The van der Waals surface area contributed by atoms with Gasteiger partial charge >= 0.3 is 6.16 Å². The van der Waals surface area contributed by atoms with E-state index in [2.05, 4.69) is 20.1 Å². The molecule has 3 N–H and O–H groups in total. The minimum Gasteiger partial charge on any atom is -0.450 e. The third kappa shape index (κ3) is 7.26. The molecule has 3 rings (SSSR count). The van der Waals surface area contributed by atoms with Crippen LogP contribution in [-0.2, 0) is 4.79 Å². The summed E-state index contributed by atoms with van der Waals surface area (Å²) in [4.78, 5) is 29.4. The first-order valence-electron chi connectivity index (χ1n) is 9.13. The minimum absolute atomic E-state index is 0.198. The number of amides is 1. The summed E-state index contributed by atoms with van der Waals surface area (Å²) in [6, 6.07) is 4.51. The van der Waals surface area contributed by atoms with Crippen molar-refractivity contribution in [1.82, 2.24) is 15.2 Å². The fourth-order valence-electron chi connectivity index (χ4n) is 3.44. The summed E-state index contributed by atoms with van der Waals surface area (Å²) in [6.45, 7) is 4.38. The van der Waals surface area contributed by atoms with E-state index in [1.54, 1.807) is 0 Å². The summed E-state index contributed by atoms with van der Waals surface area (Å²) in [5.74, 6) is 0.198. The lowest BCUT2D eigenvalue weighted by Crippen LogP contribution is -2.50. The van der Waals surface area contributed by atoms with Crippen LogP contribution < -0.4 is 10.2 Å². The monoisotopic (exact) mass is 364 g/mol. The molecule has 0 radical (unpaired) electrons. The van der Waals surface area contributed by atoms with Crippen LogP contribution in [-0.4, -0.2) is 70.9 Å². The molecule has 0 unspecified atom stereocenters. The second-order valence-corrected chi connectivity index (χ2v) is 6.65. The molecular formula is C18H28N4O4. The minimum atomic E-state index is -1.83. The number of aromatic nitrogens is 1. The van der Waals surface area contributed by atoms with Crippen LogP contribution in [0.2, 0.25) is 0 Å². The van der Waals surface area contributed by atoms with Crippen molar-refractivity contribution in [2.75, 3.05) is 37.6 Å². The van der Waals surface area contributed by atoms with Crippen molar-refractivity contribution in [3.8, 4) is 0 Å². The van der Waals surface area contributed by atoms with Gasteiger partial charge < -0.3 is 20.4 Å². The number of hydrogen-bond acceptors (Lipinski definition) is 5. The van der Waals surface area contributed by atoms with Crippen LogP contribution in [0, 0.1) is 0 Å². The second-order valence-electron chi connectivity index (χ2n) is 6.65. The molecule has 2 fully saturated rings. The van der Waals surface area contributed by atoms with E-state index in [1.807, 2.05) is 24.5 Å². The molecule has 1 aliphatic carbocycles. The van der Waals surface area contributed by atoms with Crippen LogP contribution in [0.5, 0.6) is 0 Å². The summed E-state index contributed by atoms with van der Waals surface area (Å²) in [6.07, 6.45) is 7.98. The Hall–Kier alpha value is -2.35. The molecule has 2 heterocycles. The molecule has 1 amide bonds. The zero-order chi connectivity index (χ0) is 18.8. The molecule has 0 spiro atoms. The highest BCUT2D eigenvalue weighted by molar-refractivity contribution is 5.78. The Morgan fingerprint density at radius 2 is 1.62 bits per heavy atom. The average molecular weight is 364 g/mol. The van der Waals surface area contributed by atoms with Gasteiger partial charge in [0.05, 0.1) is 6.54 Å². The molecule has 8 heteroatoms. The molecule has 1 aromatic heterocycles. The lowest BCUT2D eigenvalue weighted by Gasteiger charge is -2.36. The summed E-state index contributed by atoms with van der Waals surface area (Å²) in [5, 5.41) is 17.2. The predicted molar refractivity (Wildman–Crippen MR) is 98.6 cm³/mol. The van der Waals surface area contributed by atoms with E-state index in [9.17, 15) is 4.79 Å². The lowest BCUT2D eigenvalue weighted by atomic mass is 9.95. The van der Waals surface area contributed by atoms with E-state index in [4.69, 9.17) is 15.0 Å². The number of carboxylic acid groups (broad SMARTS) is 2. The van der Waals surface area contributed by atoms with Gasteiger partial charge in [-0.15, -0.1) is 0 Å². The smallest absolute Gasteiger partial charge is 0.450 e.